The third-order valence-corrected chi connectivity index (χ3v) is 5.41. The lowest BCUT2D eigenvalue weighted by atomic mass is 9.89. The van der Waals surface area contributed by atoms with Crippen molar-refractivity contribution < 1.29 is 9.21 Å². The molecule has 1 amide bonds. The van der Waals surface area contributed by atoms with E-state index in [1.165, 1.54) is 47.7 Å². The monoisotopic (exact) mass is 344 g/mol. The van der Waals surface area contributed by atoms with Gasteiger partial charge in [0.2, 0.25) is 5.91 Å². The van der Waals surface area contributed by atoms with E-state index in [4.69, 9.17) is 4.42 Å². The Balaban J connectivity index is 1.55. The van der Waals surface area contributed by atoms with Crippen LogP contribution in [0.5, 0.6) is 0 Å². The van der Waals surface area contributed by atoms with Gasteiger partial charge in [0.25, 0.3) is 5.22 Å². The highest BCUT2D eigenvalue weighted by molar-refractivity contribution is 7.99. The smallest absolute Gasteiger partial charge is 0.256 e. The van der Waals surface area contributed by atoms with Crippen LogP contribution < -0.4 is 5.32 Å². The summed E-state index contributed by atoms with van der Waals surface area (Å²) in [7, 11) is 0. The normalized spacial score (nSPS) is 15.0. The van der Waals surface area contributed by atoms with Crippen LogP contribution in [-0.4, -0.2) is 16.6 Å². The van der Waals surface area contributed by atoms with E-state index >= 15 is 0 Å². The number of nitrogens with one attached hydrogen (secondary N) is 1. The summed E-state index contributed by atoms with van der Waals surface area (Å²) in [6, 6.07) is 6.63. The van der Waals surface area contributed by atoms with Gasteiger partial charge in [0, 0.05) is 0 Å². The number of hydrogen-bond donors (Lipinski definition) is 1. The molecule has 0 radical (unpaired) electrons. The van der Waals surface area contributed by atoms with Crippen molar-refractivity contribution >= 4 is 17.7 Å². The number of fused-ring (bicyclic) bond motifs is 1. The fourth-order valence-electron chi connectivity index (χ4n) is 3.02. The molecule has 3 rings (SSSR count). The number of aromatic nitrogens is 1. The molecule has 1 aliphatic carbocycles. The van der Waals surface area contributed by atoms with Gasteiger partial charge in [-0.1, -0.05) is 30.0 Å². The van der Waals surface area contributed by atoms with Gasteiger partial charge in [0.05, 0.1) is 17.5 Å². The van der Waals surface area contributed by atoms with Crippen LogP contribution >= 0.6 is 11.8 Å². The Morgan fingerprint density at radius 1 is 1.29 bits per heavy atom. The second kappa shape index (κ2) is 7.43. The van der Waals surface area contributed by atoms with Crippen molar-refractivity contribution in [3.8, 4) is 0 Å². The van der Waals surface area contributed by atoms with Crippen LogP contribution in [0.15, 0.2) is 27.8 Å². The second-order valence-electron chi connectivity index (χ2n) is 6.43. The molecule has 5 heteroatoms. The van der Waals surface area contributed by atoms with Crippen LogP contribution in [0.3, 0.4) is 0 Å². The molecule has 0 saturated heterocycles. The van der Waals surface area contributed by atoms with Crippen molar-refractivity contribution in [2.45, 2.75) is 57.7 Å². The molecule has 0 saturated carbocycles. The van der Waals surface area contributed by atoms with Gasteiger partial charge in [0.1, 0.15) is 5.76 Å². The molecule has 1 unspecified atom stereocenters. The molecule has 128 valence electrons. The summed E-state index contributed by atoms with van der Waals surface area (Å²) in [5, 5.41) is 3.62. The summed E-state index contributed by atoms with van der Waals surface area (Å²) in [6.07, 6.45) is 4.89. The lowest BCUT2D eigenvalue weighted by molar-refractivity contribution is -0.119. The summed E-state index contributed by atoms with van der Waals surface area (Å²) in [5.41, 5.74) is 4.96. The van der Waals surface area contributed by atoms with E-state index in [0.717, 1.165) is 17.9 Å². The molecule has 1 aliphatic rings. The third kappa shape index (κ3) is 4.01. The molecule has 1 heterocycles. The zero-order valence-corrected chi connectivity index (χ0v) is 15.3. The average Bonchev–Trinajstić information content (AvgIpc) is 2.90. The molecular formula is C19H24N2O2S. The number of oxazole rings is 1. The fraction of sp³-hybridized carbons (Fsp3) is 0.474. The maximum absolute atomic E-state index is 12.2. The van der Waals surface area contributed by atoms with E-state index in [1.54, 1.807) is 0 Å². The van der Waals surface area contributed by atoms with E-state index in [1.807, 2.05) is 20.8 Å². The Morgan fingerprint density at radius 3 is 2.75 bits per heavy atom. The number of nitrogens with zero attached hydrogens (tertiary/aromatic N) is 1. The largest absolute Gasteiger partial charge is 0.437 e. The molecular weight excluding hydrogens is 320 g/mol. The molecule has 1 N–H and O–H groups in total. The number of carbonyl (C=O) groups is 1. The first kappa shape index (κ1) is 17.1. The van der Waals surface area contributed by atoms with Crippen molar-refractivity contribution in [3.63, 3.8) is 0 Å². The highest BCUT2D eigenvalue weighted by Gasteiger charge is 2.15. The molecule has 0 spiro atoms. The number of aryl methyl sites for hydroxylation is 4. The maximum atomic E-state index is 12.2. The number of amides is 1. The number of rotatable bonds is 5. The van der Waals surface area contributed by atoms with E-state index in [0.29, 0.717) is 11.0 Å². The van der Waals surface area contributed by atoms with Gasteiger partial charge < -0.3 is 9.73 Å². The van der Waals surface area contributed by atoms with E-state index in [9.17, 15) is 4.79 Å². The van der Waals surface area contributed by atoms with Crippen LogP contribution in [0.1, 0.15) is 54.0 Å². The lowest BCUT2D eigenvalue weighted by Gasteiger charge is -2.20. The fourth-order valence-corrected chi connectivity index (χ4v) is 3.74. The van der Waals surface area contributed by atoms with Crippen molar-refractivity contribution in [2.24, 2.45) is 0 Å². The zero-order valence-electron chi connectivity index (χ0n) is 14.5. The predicted molar refractivity (Wildman–Crippen MR) is 96.3 cm³/mol. The Morgan fingerprint density at radius 2 is 2.04 bits per heavy atom. The van der Waals surface area contributed by atoms with E-state index in [-0.39, 0.29) is 11.9 Å². The van der Waals surface area contributed by atoms with Crippen LogP contribution in [-0.2, 0) is 17.6 Å². The second-order valence-corrected chi connectivity index (χ2v) is 7.36. The van der Waals surface area contributed by atoms with Gasteiger partial charge >= 0.3 is 0 Å². The lowest BCUT2D eigenvalue weighted by Crippen LogP contribution is -2.28. The Labute approximate surface area is 147 Å². The minimum absolute atomic E-state index is 0.00118. The van der Waals surface area contributed by atoms with Crippen LogP contribution in [0.2, 0.25) is 0 Å². The van der Waals surface area contributed by atoms with Gasteiger partial charge in [-0.3, -0.25) is 4.79 Å². The van der Waals surface area contributed by atoms with Crippen molar-refractivity contribution in [2.75, 3.05) is 5.75 Å². The number of thioether (sulfide) groups is 1. The standard InChI is InChI=1S/C19H24N2O2S/c1-12-14(3)23-19(21-12)24-11-18(22)20-13(2)16-9-8-15-6-4-5-7-17(15)10-16/h8-10,13H,4-7,11H2,1-3H3,(H,20,22). The topological polar surface area (TPSA) is 55.1 Å². The SMILES string of the molecule is Cc1nc(SCC(=O)NC(C)c2ccc3c(c2)CCCC3)oc1C. The van der Waals surface area contributed by atoms with Crippen LogP contribution in [0.4, 0.5) is 0 Å². The first-order chi connectivity index (χ1) is 11.5. The number of benzene rings is 1. The van der Waals surface area contributed by atoms with Crippen molar-refractivity contribution in [1.29, 1.82) is 0 Å². The van der Waals surface area contributed by atoms with E-state index in [2.05, 4.69) is 28.5 Å². The van der Waals surface area contributed by atoms with Gasteiger partial charge in [-0.15, -0.1) is 0 Å². The van der Waals surface area contributed by atoms with Crippen molar-refractivity contribution in [1.82, 2.24) is 10.3 Å². The third-order valence-electron chi connectivity index (χ3n) is 4.59. The first-order valence-corrected chi connectivity index (χ1v) is 9.49. The van der Waals surface area contributed by atoms with Crippen molar-refractivity contribution in [3.05, 3.63) is 46.3 Å². The molecule has 4 nitrogen and oxygen atoms in total. The minimum atomic E-state index is -0.00118. The summed E-state index contributed by atoms with van der Waals surface area (Å²) in [5.74, 6) is 1.12. The summed E-state index contributed by atoms with van der Waals surface area (Å²) < 4.78 is 5.49. The molecule has 24 heavy (non-hydrogen) atoms. The summed E-state index contributed by atoms with van der Waals surface area (Å²) in [4.78, 5) is 16.5. The maximum Gasteiger partial charge on any atom is 0.256 e. The number of hydrogen-bond acceptors (Lipinski definition) is 4. The Hall–Kier alpha value is -1.75. The Kier molecular flexibility index (Phi) is 5.29. The van der Waals surface area contributed by atoms with Crippen LogP contribution in [0.25, 0.3) is 0 Å². The Bertz CT molecular complexity index is 719. The molecule has 1 aromatic carbocycles. The van der Waals surface area contributed by atoms with E-state index < -0.39 is 0 Å². The summed E-state index contributed by atoms with van der Waals surface area (Å²) in [6.45, 7) is 5.82. The number of carbonyl (C=O) groups excluding carboxylic acids is 1. The zero-order chi connectivity index (χ0) is 17.1. The van der Waals surface area contributed by atoms with Gasteiger partial charge in [-0.05, 0) is 63.1 Å². The molecule has 1 aromatic heterocycles. The van der Waals surface area contributed by atoms with Gasteiger partial charge in [-0.2, -0.15) is 0 Å². The predicted octanol–water partition coefficient (Wildman–Crippen LogP) is 4.14. The highest BCUT2D eigenvalue weighted by Crippen LogP contribution is 2.25. The molecule has 0 aliphatic heterocycles. The molecule has 0 bridgehead atoms. The quantitative estimate of drug-likeness (QED) is 0.828. The van der Waals surface area contributed by atoms with Crippen LogP contribution in [0, 0.1) is 13.8 Å². The highest BCUT2D eigenvalue weighted by atomic mass is 32.2. The average molecular weight is 344 g/mol. The minimum Gasteiger partial charge on any atom is -0.437 e. The first-order valence-electron chi connectivity index (χ1n) is 8.51. The molecule has 2 aromatic rings. The van der Waals surface area contributed by atoms with Gasteiger partial charge in [0.15, 0.2) is 0 Å². The molecule has 1 atom stereocenters. The summed E-state index contributed by atoms with van der Waals surface area (Å²) >= 11 is 1.33. The molecule has 0 fully saturated rings. The van der Waals surface area contributed by atoms with Gasteiger partial charge in [-0.25, -0.2) is 4.98 Å².